The molecule has 1 N–H and O–H groups in total. The Hall–Kier alpha value is -2.52. The van der Waals surface area contributed by atoms with E-state index in [2.05, 4.69) is 27.1 Å². The summed E-state index contributed by atoms with van der Waals surface area (Å²) in [6, 6.07) is 9.41. The number of aromatic nitrogens is 2. The zero-order valence-corrected chi connectivity index (χ0v) is 22.1. The second-order valence-corrected chi connectivity index (χ2v) is 10.8. The summed E-state index contributed by atoms with van der Waals surface area (Å²) in [6.07, 6.45) is 2.11. The minimum Gasteiger partial charge on any atom is -0.353 e. The third-order valence-corrected chi connectivity index (χ3v) is 7.63. The zero-order chi connectivity index (χ0) is 24.9. The Balaban J connectivity index is 1.34. The van der Waals surface area contributed by atoms with Crippen molar-refractivity contribution in [1.29, 1.82) is 0 Å². The van der Waals surface area contributed by atoms with E-state index in [0.717, 1.165) is 43.0 Å². The predicted octanol–water partition coefficient (Wildman–Crippen LogP) is 4.53. The quantitative estimate of drug-likeness (QED) is 0.357. The first kappa shape index (κ1) is 25.6. The maximum absolute atomic E-state index is 12.8. The lowest BCUT2D eigenvalue weighted by atomic mass is 9.99. The van der Waals surface area contributed by atoms with Crippen LogP contribution in [0.4, 0.5) is 16.3 Å². The number of hydrogen-bond acceptors (Lipinski definition) is 6. The molecule has 0 bridgehead atoms. The van der Waals surface area contributed by atoms with Gasteiger partial charge in [0.15, 0.2) is 5.16 Å². The van der Waals surface area contributed by atoms with E-state index in [1.807, 2.05) is 47.9 Å². The van der Waals surface area contributed by atoms with Gasteiger partial charge in [-0.2, -0.15) is 0 Å². The molecular weight excluding hydrogens is 484 g/mol. The van der Waals surface area contributed by atoms with Crippen LogP contribution in [0.2, 0.25) is 5.15 Å². The minimum atomic E-state index is -0.106. The summed E-state index contributed by atoms with van der Waals surface area (Å²) in [4.78, 5) is 40.3. The molecule has 3 amide bonds. The van der Waals surface area contributed by atoms with Crippen LogP contribution in [0.15, 0.2) is 35.5 Å². The summed E-state index contributed by atoms with van der Waals surface area (Å²) < 4.78 is 0. The van der Waals surface area contributed by atoms with Crippen molar-refractivity contribution < 1.29 is 9.59 Å². The lowest BCUT2D eigenvalue weighted by Gasteiger charge is -2.40. The van der Waals surface area contributed by atoms with Crippen LogP contribution >= 0.6 is 23.4 Å². The van der Waals surface area contributed by atoms with Crippen molar-refractivity contribution >= 4 is 46.8 Å². The summed E-state index contributed by atoms with van der Waals surface area (Å²) in [5, 5.41) is 3.84. The number of nitrogens with zero attached hydrogens (tertiary/aromatic N) is 5. The highest BCUT2D eigenvalue weighted by Crippen LogP contribution is 2.25. The second kappa shape index (κ2) is 11.5. The van der Waals surface area contributed by atoms with E-state index >= 15 is 0 Å². The predicted molar refractivity (Wildman–Crippen MR) is 141 cm³/mol. The number of thioether (sulfide) groups is 1. The summed E-state index contributed by atoms with van der Waals surface area (Å²) in [6.45, 7) is 9.73. The molecule has 0 unspecified atom stereocenters. The molecule has 1 aromatic carbocycles. The monoisotopic (exact) mass is 516 g/mol. The fourth-order valence-electron chi connectivity index (χ4n) is 4.47. The molecule has 0 spiro atoms. The number of aryl methyl sites for hydroxylation is 1. The number of carbonyl (C=O) groups excluding carboxylic acids is 2. The number of amides is 3. The fourth-order valence-corrected chi connectivity index (χ4v) is 5.46. The molecule has 4 rings (SSSR count). The van der Waals surface area contributed by atoms with Gasteiger partial charge in [-0.05, 0) is 50.3 Å². The van der Waals surface area contributed by atoms with Gasteiger partial charge in [0.05, 0.1) is 5.75 Å². The Kier molecular flexibility index (Phi) is 8.38. The van der Waals surface area contributed by atoms with Gasteiger partial charge in [-0.3, -0.25) is 4.79 Å². The normalized spacial score (nSPS) is 19.1. The first-order valence-electron chi connectivity index (χ1n) is 12.1. The first-order chi connectivity index (χ1) is 16.8. The number of carbonyl (C=O) groups is 2. The van der Waals surface area contributed by atoms with Crippen molar-refractivity contribution in [2.45, 2.75) is 44.8 Å². The summed E-state index contributed by atoms with van der Waals surface area (Å²) in [5.74, 6) is 1.82. The Labute approximate surface area is 216 Å². The summed E-state index contributed by atoms with van der Waals surface area (Å²) >= 11 is 7.63. The largest absolute Gasteiger partial charge is 0.353 e. The van der Waals surface area contributed by atoms with Crippen molar-refractivity contribution in [1.82, 2.24) is 19.8 Å². The SMILES string of the molecule is Cc1cccc(NC(=O)N2CCN(c3cc(Cl)nc(SCC(=O)N4CCC(C)CC4)n3)C[C@H]2C)c1. The van der Waals surface area contributed by atoms with Crippen LogP contribution in [0, 0.1) is 12.8 Å². The second-order valence-electron chi connectivity index (χ2n) is 9.47. The molecule has 188 valence electrons. The Bertz CT molecular complexity index is 1060. The number of halogens is 1. The standard InChI is InChI=1S/C25H33ClN6O2S/c1-17-7-9-30(10-8-17)23(33)16-35-24-28-21(26)14-22(29-24)31-11-12-32(19(3)15-31)25(34)27-20-6-4-5-18(2)13-20/h4-6,13-14,17,19H,7-12,15-16H2,1-3H3,(H,27,34)/t19-/m1/s1. The molecule has 1 aromatic heterocycles. The Morgan fingerprint density at radius 3 is 2.60 bits per heavy atom. The van der Waals surface area contributed by atoms with Gasteiger partial charge in [-0.1, -0.05) is 42.4 Å². The van der Waals surface area contributed by atoms with Crippen LogP contribution in [0.25, 0.3) is 0 Å². The first-order valence-corrected chi connectivity index (χ1v) is 13.5. The molecule has 10 heteroatoms. The molecule has 35 heavy (non-hydrogen) atoms. The lowest BCUT2D eigenvalue weighted by molar-refractivity contribution is -0.129. The van der Waals surface area contributed by atoms with E-state index in [4.69, 9.17) is 11.6 Å². The number of piperazine rings is 1. The number of piperidine rings is 1. The lowest BCUT2D eigenvalue weighted by Crippen LogP contribution is -2.55. The highest BCUT2D eigenvalue weighted by molar-refractivity contribution is 7.99. The highest BCUT2D eigenvalue weighted by Gasteiger charge is 2.29. The van der Waals surface area contributed by atoms with Crippen LogP contribution < -0.4 is 10.2 Å². The number of anilines is 2. The average molecular weight is 517 g/mol. The molecule has 0 radical (unpaired) electrons. The molecule has 2 saturated heterocycles. The third-order valence-electron chi connectivity index (χ3n) is 6.60. The van der Waals surface area contributed by atoms with Crippen molar-refractivity contribution in [2.24, 2.45) is 5.92 Å². The summed E-state index contributed by atoms with van der Waals surface area (Å²) in [7, 11) is 0. The number of benzene rings is 1. The number of hydrogen-bond donors (Lipinski definition) is 1. The molecule has 3 heterocycles. The van der Waals surface area contributed by atoms with E-state index in [0.29, 0.717) is 41.6 Å². The van der Waals surface area contributed by atoms with Crippen molar-refractivity contribution in [3.63, 3.8) is 0 Å². The number of likely N-dealkylation sites (tertiary alicyclic amines) is 1. The number of urea groups is 1. The van der Waals surface area contributed by atoms with E-state index in [1.165, 1.54) is 11.8 Å². The van der Waals surface area contributed by atoms with Gasteiger partial charge < -0.3 is 20.0 Å². The van der Waals surface area contributed by atoms with Gasteiger partial charge in [0.25, 0.3) is 0 Å². The van der Waals surface area contributed by atoms with Crippen molar-refractivity contribution in [3.8, 4) is 0 Å². The molecule has 2 aliphatic rings. The van der Waals surface area contributed by atoms with E-state index in [1.54, 1.807) is 6.07 Å². The molecule has 1 atom stereocenters. The van der Waals surface area contributed by atoms with Crippen LogP contribution in [-0.2, 0) is 4.79 Å². The molecule has 0 saturated carbocycles. The molecule has 8 nitrogen and oxygen atoms in total. The molecule has 2 aliphatic heterocycles. The number of nitrogens with one attached hydrogen (secondary N) is 1. The van der Waals surface area contributed by atoms with Gasteiger partial charge in [-0.15, -0.1) is 0 Å². The fraction of sp³-hybridized carbons (Fsp3) is 0.520. The average Bonchev–Trinajstić information content (AvgIpc) is 2.82. The van der Waals surface area contributed by atoms with E-state index in [-0.39, 0.29) is 18.0 Å². The molecule has 2 fully saturated rings. The summed E-state index contributed by atoms with van der Waals surface area (Å²) in [5.41, 5.74) is 1.89. The molecular formula is C25H33ClN6O2S. The maximum Gasteiger partial charge on any atom is 0.322 e. The van der Waals surface area contributed by atoms with Crippen molar-refractivity contribution in [3.05, 3.63) is 41.0 Å². The molecule has 0 aliphatic carbocycles. The van der Waals surface area contributed by atoms with Gasteiger partial charge in [0, 0.05) is 50.5 Å². The van der Waals surface area contributed by atoms with Crippen molar-refractivity contribution in [2.75, 3.05) is 48.7 Å². The van der Waals surface area contributed by atoms with Crippen LogP contribution in [0.3, 0.4) is 0 Å². The van der Waals surface area contributed by atoms with Gasteiger partial charge in [-0.25, -0.2) is 14.8 Å². The topological polar surface area (TPSA) is 81.7 Å². The van der Waals surface area contributed by atoms with Crippen LogP contribution in [-0.4, -0.2) is 76.2 Å². The Morgan fingerprint density at radius 1 is 1.11 bits per heavy atom. The number of rotatable bonds is 5. The maximum atomic E-state index is 12.8. The highest BCUT2D eigenvalue weighted by atomic mass is 35.5. The minimum absolute atomic E-state index is 0.0125. The third kappa shape index (κ3) is 6.79. The van der Waals surface area contributed by atoms with Crippen LogP contribution in [0.1, 0.15) is 32.3 Å². The van der Waals surface area contributed by atoms with E-state index in [9.17, 15) is 9.59 Å². The molecule has 2 aromatic rings. The Morgan fingerprint density at radius 2 is 1.89 bits per heavy atom. The zero-order valence-electron chi connectivity index (χ0n) is 20.5. The van der Waals surface area contributed by atoms with Gasteiger partial charge in [0.2, 0.25) is 5.91 Å². The van der Waals surface area contributed by atoms with E-state index < -0.39 is 0 Å². The smallest absolute Gasteiger partial charge is 0.322 e. The van der Waals surface area contributed by atoms with Gasteiger partial charge >= 0.3 is 6.03 Å². The van der Waals surface area contributed by atoms with Crippen LogP contribution in [0.5, 0.6) is 0 Å². The van der Waals surface area contributed by atoms with Gasteiger partial charge in [0.1, 0.15) is 11.0 Å².